The molecule has 0 aliphatic heterocycles. The summed E-state index contributed by atoms with van der Waals surface area (Å²) in [5, 5.41) is 10.2. The number of rotatable bonds is 10. The number of hydrogen-bond donors (Lipinski definition) is 2. The number of benzene rings is 1. The van der Waals surface area contributed by atoms with Gasteiger partial charge in [-0.15, -0.1) is 0 Å². The molecule has 120 valence electrons. The van der Waals surface area contributed by atoms with E-state index in [0.717, 1.165) is 18.9 Å². The summed E-state index contributed by atoms with van der Waals surface area (Å²) >= 11 is 0. The lowest BCUT2D eigenvalue weighted by molar-refractivity contribution is 0.132. The standard InChI is InChI=1S/C17H27F2NO/c1-2-3-4-5-6-7-8-17(21)16(12-20)13-9-14(18)11-15(19)10-13/h9-11,16-17,21H,2-8,12,20H2,1H3. The highest BCUT2D eigenvalue weighted by Crippen LogP contribution is 2.24. The summed E-state index contributed by atoms with van der Waals surface area (Å²) in [6.07, 6.45) is 6.81. The van der Waals surface area contributed by atoms with Crippen molar-refractivity contribution >= 4 is 0 Å². The first-order valence-electron chi connectivity index (χ1n) is 7.92. The van der Waals surface area contributed by atoms with E-state index >= 15 is 0 Å². The molecule has 2 atom stereocenters. The summed E-state index contributed by atoms with van der Waals surface area (Å²) in [5.41, 5.74) is 6.11. The minimum atomic E-state index is -0.651. The average Bonchev–Trinajstić information content (AvgIpc) is 2.42. The van der Waals surface area contributed by atoms with Crippen molar-refractivity contribution in [1.29, 1.82) is 0 Å². The molecule has 1 aromatic carbocycles. The number of halogens is 2. The van der Waals surface area contributed by atoms with Crippen molar-refractivity contribution in [1.82, 2.24) is 0 Å². The first kappa shape index (κ1) is 18.1. The van der Waals surface area contributed by atoms with Crippen LogP contribution in [0.2, 0.25) is 0 Å². The summed E-state index contributed by atoms with van der Waals surface area (Å²) in [4.78, 5) is 0. The van der Waals surface area contributed by atoms with Crippen LogP contribution in [0.4, 0.5) is 8.78 Å². The Hall–Kier alpha value is -1.00. The molecule has 0 aliphatic carbocycles. The number of aliphatic hydroxyl groups is 1. The number of nitrogens with two attached hydrogens (primary N) is 1. The number of hydrogen-bond acceptors (Lipinski definition) is 2. The Morgan fingerprint density at radius 1 is 1.00 bits per heavy atom. The molecular formula is C17H27F2NO. The third kappa shape index (κ3) is 6.53. The highest BCUT2D eigenvalue weighted by Gasteiger charge is 2.20. The van der Waals surface area contributed by atoms with Crippen LogP contribution in [-0.4, -0.2) is 17.8 Å². The van der Waals surface area contributed by atoms with Gasteiger partial charge in [-0.2, -0.15) is 0 Å². The van der Waals surface area contributed by atoms with Gasteiger partial charge in [0.15, 0.2) is 0 Å². The summed E-state index contributed by atoms with van der Waals surface area (Å²) in [7, 11) is 0. The maximum absolute atomic E-state index is 13.3. The molecule has 3 N–H and O–H groups in total. The van der Waals surface area contributed by atoms with E-state index in [1.54, 1.807) is 0 Å². The minimum Gasteiger partial charge on any atom is -0.392 e. The van der Waals surface area contributed by atoms with Crippen molar-refractivity contribution in [2.24, 2.45) is 5.73 Å². The Morgan fingerprint density at radius 3 is 2.14 bits per heavy atom. The lowest BCUT2D eigenvalue weighted by atomic mass is 9.90. The molecule has 1 aromatic rings. The molecule has 2 unspecified atom stereocenters. The van der Waals surface area contributed by atoms with Crippen LogP contribution >= 0.6 is 0 Å². The first-order chi connectivity index (χ1) is 10.1. The second-order valence-electron chi connectivity index (χ2n) is 5.67. The Bertz CT molecular complexity index is 392. The van der Waals surface area contributed by atoms with Crippen molar-refractivity contribution in [3.8, 4) is 0 Å². The quantitative estimate of drug-likeness (QED) is 0.638. The van der Waals surface area contributed by atoms with Gasteiger partial charge in [0.2, 0.25) is 0 Å². The second-order valence-corrected chi connectivity index (χ2v) is 5.67. The maximum Gasteiger partial charge on any atom is 0.126 e. The van der Waals surface area contributed by atoms with Gasteiger partial charge in [-0.1, -0.05) is 45.4 Å². The van der Waals surface area contributed by atoms with Crippen molar-refractivity contribution < 1.29 is 13.9 Å². The van der Waals surface area contributed by atoms with E-state index < -0.39 is 23.7 Å². The number of unbranched alkanes of at least 4 members (excludes halogenated alkanes) is 5. The average molecular weight is 299 g/mol. The molecule has 0 amide bonds. The van der Waals surface area contributed by atoms with Gasteiger partial charge >= 0.3 is 0 Å². The Kier molecular flexibility index (Phi) is 8.47. The van der Waals surface area contributed by atoms with Crippen LogP contribution < -0.4 is 5.73 Å². The highest BCUT2D eigenvalue weighted by molar-refractivity contribution is 5.23. The molecule has 2 nitrogen and oxygen atoms in total. The monoisotopic (exact) mass is 299 g/mol. The second kappa shape index (κ2) is 9.85. The van der Waals surface area contributed by atoms with Crippen LogP contribution in [0.3, 0.4) is 0 Å². The first-order valence-corrected chi connectivity index (χ1v) is 7.92. The zero-order valence-corrected chi connectivity index (χ0v) is 12.8. The third-order valence-corrected chi connectivity index (χ3v) is 3.88. The van der Waals surface area contributed by atoms with E-state index in [1.165, 1.54) is 37.8 Å². The lowest BCUT2D eigenvalue weighted by Crippen LogP contribution is -2.26. The minimum absolute atomic E-state index is 0.180. The fourth-order valence-corrected chi connectivity index (χ4v) is 2.64. The van der Waals surface area contributed by atoms with Gasteiger partial charge in [-0.05, 0) is 24.1 Å². The summed E-state index contributed by atoms with van der Waals surface area (Å²) in [6, 6.07) is 3.34. The third-order valence-electron chi connectivity index (χ3n) is 3.88. The van der Waals surface area contributed by atoms with E-state index in [-0.39, 0.29) is 6.54 Å². The topological polar surface area (TPSA) is 46.2 Å². The maximum atomic E-state index is 13.3. The Morgan fingerprint density at radius 2 is 1.57 bits per heavy atom. The molecule has 0 saturated carbocycles. The molecule has 0 radical (unpaired) electrons. The highest BCUT2D eigenvalue weighted by atomic mass is 19.1. The lowest BCUT2D eigenvalue weighted by Gasteiger charge is -2.22. The zero-order valence-electron chi connectivity index (χ0n) is 12.8. The zero-order chi connectivity index (χ0) is 15.7. The summed E-state index contributed by atoms with van der Waals surface area (Å²) in [5.74, 6) is -1.67. The molecule has 0 heterocycles. The predicted octanol–water partition coefficient (Wildman–Crippen LogP) is 4.12. The van der Waals surface area contributed by atoms with Gasteiger partial charge in [0.25, 0.3) is 0 Å². The number of aliphatic hydroxyl groups excluding tert-OH is 1. The SMILES string of the molecule is CCCCCCCCC(O)C(CN)c1cc(F)cc(F)c1. The molecule has 0 saturated heterocycles. The molecule has 0 aromatic heterocycles. The molecule has 4 heteroatoms. The van der Waals surface area contributed by atoms with Crippen molar-refractivity contribution in [3.63, 3.8) is 0 Å². The van der Waals surface area contributed by atoms with Crippen molar-refractivity contribution in [2.75, 3.05) is 6.54 Å². The molecule has 0 aliphatic rings. The Balaban J connectivity index is 2.47. The smallest absolute Gasteiger partial charge is 0.126 e. The van der Waals surface area contributed by atoms with E-state index in [1.807, 2.05) is 0 Å². The van der Waals surface area contributed by atoms with Crippen LogP contribution in [0.15, 0.2) is 18.2 Å². The van der Waals surface area contributed by atoms with Crippen molar-refractivity contribution in [3.05, 3.63) is 35.4 Å². The van der Waals surface area contributed by atoms with Crippen molar-refractivity contribution in [2.45, 2.75) is 63.9 Å². The summed E-state index contributed by atoms with van der Waals surface area (Å²) in [6.45, 7) is 2.35. The fourth-order valence-electron chi connectivity index (χ4n) is 2.64. The molecule has 0 spiro atoms. The Labute approximate surface area is 126 Å². The van der Waals surface area contributed by atoms with Crippen LogP contribution in [0.1, 0.15) is 63.4 Å². The van der Waals surface area contributed by atoms with Gasteiger partial charge in [-0.25, -0.2) is 8.78 Å². The van der Waals surface area contributed by atoms with Crippen LogP contribution in [0.25, 0.3) is 0 Å². The molecule has 0 bridgehead atoms. The van der Waals surface area contributed by atoms with E-state index in [9.17, 15) is 13.9 Å². The molecule has 0 fully saturated rings. The largest absolute Gasteiger partial charge is 0.392 e. The molecule has 1 rings (SSSR count). The van der Waals surface area contributed by atoms with Gasteiger partial charge in [0.1, 0.15) is 11.6 Å². The van der Waals surface area contributed by atoms with Crippen LogP contribution in [0, 0.1) is 11.6 Å². The molecule has 21 heavy (non-hydrogen) atoms. The van der Waals surface area contributed by atoms with Crippen LogP contribution in [-0.2, 0) is 0 Å². The van der Waals surface area contributed by atoms with E-state index in [0.29, 0.717) is 12.0 Å². The molecular weight excluding hydrogens is 272 g/mol. The van der Waals surface area contributed by atoms with E-state index in [2.05, 4.69) is 6.92 Å². The van der Waals surface area contributed by atoms with Gasteiger partial charge < -0.3 is 10.8 Å². The van der Waals surface area contributed by atoms with Gasteiger partial charge in [0.05, 0.1) is 6.10 Å². The predicted molar refractivity (Wildman–Crippen MR) is 82.2 cm³/mol. The van der Waals surface area contributed by atoms with Gasteiger partial charge in [-0.3, -0.25) is 0 Å². The van der Waals surface area contributed by atoms with Crippen LogP contribution in [0.5, 0.6) is 0 Å². The normalized spacial score (nSPS) is 14.1. The van der Waals surface area contributed by atoms with Gasteiger partial charge in [0, 0.05) is 18.5 Å². The summed E-state index contributed by atoms with van der Waals surface area (Å²) < 4.78 is 26.5. The fraction of sp³-hybridized carbons (Fsp3) is 0.647. The van der Waals surface area contributed by atoms with E-state index in [4.69, 9.17) is 5.73 Å².